The normalized spacial score (nSPS) is 7.58. The number of esters is 2. The average molecular weight is 176 g/mol. The third kappa shape index (κ3) is 15.9. The number of rotatable bonds is 2. The Morgan fingerprint density at radius 3 is 1.92 bits per heavy atom. The molecule has 0 aliphatic rings. The van der Waals surface area contributed by atoms with E-state index in [1.165, 1.54) is 0 Å². The SMILES string of the molecule is C=CC(=O)OC(C)=O.OCCO. The van der Waals surface area contributed by atoms with Crippen molar-refractivity contribution in [2.24, 2.45) is 0 Å². The lowest BCUT2D eigenvalue weighted by atomic mass is 10.6. The summed E-state index contributed by atoms with van der Waals surface area (Å²) in [7, 11) is 0. The fourth-order valence-corrected chi connectivity index (χ4v) is 0.183. The average Bonchev–Trinajstić information content (AvgIpc) is 2.04. The van der Waals surface area contributed by atoms with Crippen molar-refractivity contribution >= 4 is 11.9 Å². The summed E-state index contributed by atoms with van der Waals surface area (Å²) in [6.45, 7) is 3.99. The number of carbonyl (C=O) groups is 2. The van der Waals surface area contributed by atoms with Gasteiger partial charge in [0.15, 0.2) is 0 Å². The van der Waals surface area contributed by atoms with Crippen LogP contribution < -0.4 is 0 Å². The fourth-order valence-electron chi connectivity index (χ4n) is 0.183. The molecule has 0 fully saturated rings. The van der Waals surface area contributed by atoms with E-state index in [2.05, 4.69) is 11.3 Å². The summed E-state index contributed by atoms with van der Waals surface area (Å²) in [5.41, 5.74) is 0. The van der Waals surface area contributed by atoms with Gasteiger partial charge in [-0.2, -0.15) is 0 Å². The van der Waals surface area contributed by atoms with Crippen LogP contribution in [0.1, 0.15) is 6.92 Å². The van der Waals surface area contributed by atoms with Gasteiger partial charge in [-0.25, -0.2) is 4.79 Å². The van der Waals surface area contributed by atoms with E-state index in [0.717, 1.165) is 13.0 Å². The van der Waals surface area contributed by atoms with Crippen LogP contribution in [0.2, 0.25) is 0 Å². The zero-order valence-electron chi connectivity index (χ0n) is 6.82. The highest BCUT2D eigenvalue weighted by atomic mass is 16.6. The first-order chi connectivity index (χ1) is 5.58. The first kappa shape index (κ1) is 13.4. The molecule has 0 rings (SSSR count). The van der Waals surface area contributed by atoms with Crippen LogP contribution in [0.3, 0.4) is 0 Å². The van der Waals surface area contributed by atoms with Gasteiger partial charge in [0, 0.05) is 13.0 Å². The highest BCUT2D eigenvalue weighted by Gasteiger charge is 1.96. The molecule has 0 saturated carbocycles. The minimum absolute atomic E-state index is 0.125. The van der Waals surface area contributed by atoms with E-state index in [1.807, 2.05) is 0 Å². The third-order valence-corrected chi connectivity index (χ3v) is 0.511. The molecular weight excluding hydrogens is 164 g/mol. The van der Waals surface area contributed by atoms with E-state index >= 15 is 0 Å². The molecule has 2 N–H and O–H groups in total. The Bertz CT molecular complexity index is 150. The Labute approximate surface area is 70.3 Å². The molecule has 0 aromatic heterocycles. The molecule has 0 atom stereocenters. The molecule has 5 heteroatoms. The largest absolute Gasteiger partial charge is 0.394 e. The van der Waals surface area contributed by atoms with Gasteiger partial charge in [0.05, 0.1) is 13.2 Å². The molecule has 12 heavy (non-hydrogen) atoms. The number of hydrogen-bond donors (Lipinski definition) is 2. The van der Waals surface area contributed by atoms with Crippen molar-refractivity contribution in [2.75, 3.05) is 13.2 Å². The molecule has 0 unspecified atom stereocenters. The maximum absolute atomic E-state index is 10.1. The summed E-state index contributed by atoms with van der Waals surface area (Å²) < 4.78 is 4.00. The van der Waals surface area contributed by atoms with E-state index in [0.29, 0.717) is 0 Å². The Morgan fingerprint density at radius 1 is 1.42 bits per heavy atom. The molecule has 0 aliphatic heterocycles. The minimum Gasteiger partial charge on any atom is -0.394 e. The zero-order valence-corrected chi connectivity index (χ0v) is 6.82. The second kappa shape index (κ2) is 9.80. The molecular formula is C7H12O5. The van der Waals surface area contributed by atoms with Crippen molar-refractivity contribution in [3.8, 4) is 0 Å². The van der Waals surface area contributed by atoms with Gasteiger partial charge in [0.1, 0.15) is 0 Å². The van der Waals surface area contributed by atoms with Crippen molar-refractivity contribution < 1.29 is 24.5 Å². The van der Waals surface area contributed by atoms with Crippen LogP contribution in [-0.4, -0.2) is 35.4 Å². The number of aliphatic hydroxyl groups is 2. The molecule has 5 nitrogen and oxygen atoms in total. The van der Waals surface area contributed by atoms with Crippen LogP contribution >= 0.6 is 0 Å². The summed E-state index contributed by atoms with van der Waals surface area (Å²) in [5.74, 6) is -1.33. The van der Waals surface area contributed by atoms with Crippen LogP contribution in [0.15, 0.2) is 12.7 Å². The predicted octanol–water partition coefficient (Wildman–Crippen LogP) is -0.767. The lowest BCUT2D eigenvalue weighted by Gasteiger charge is -1.89. The van der Waals surface area contributed by atoms with Crippen LogP contribution in [0.4, 0.5) is 0 Å². The smallest absolute Gasteiger partial charge is 0.337 e. The summed E-state index contributed by atoms with van der Waals surface area (Å²) in [4.78, 5) is 20.0. The highest BCUT2D eigenvalue weighted by molar-refractivity contribution is 5.90. The molecule has 0 saturated heterocycles. The summed E-state index contributed by atoms with van der Waals surface area (Å²) in [6, 6.07) is 0. The van der Waals surface area contributed by atoms with Crippen molar-refractivity contribution in [1.82, 2.24) is 0 Å². The second-order valence-corrected chi connectivity index (χ2v) is 1.56. The van der Waals surface area contributed by atoms with Gasteiger partial charge in [0.2, 0.25) is 0 Å². The van der Waals surface area contributed by atoms with Gasteiger partial charge in [-0.15, -0.1) is 0 Å². The Hall–Kier alpha value is -1.20. The molecule has 0 aromatic carbocycles. The highest BCUT2D eigenvalue weighted by Crippen LogP contribution is 1.77. The molecule has 70 valence electrons. The van der Waals surface area contributed by atoms with Crippen molar-refractivity contribution in [3.05, 3.63) is 12.7 Å². The lowest BCUT2D eigenvalue weighted by molar-refractivity contribution is -0.154. The number of ether oxygens (including phenoxy) is 1. The summed E-state index contributed by atoms with van der Waals surface area (Å²) >= 11 is 0. The van der Waals surface area contributed by atoms with Gasteiger partial charge in [-0.3, -0.25) is 4.79 Å². The molecule has 0 heterocycles. The molecule has 0 bridgehead atoms. The Morgan fingerprint density at radius 2 is 1.83 bits per heavy atom. The van der Waals surface area contributed by atoms with E-state index in [-0.39, 0.29) is 13.2 Å². The van der Waals surface area contributed by atoms with Gasteiger partial charge < -0.3 is 14.9 Å². The summed E-state index contributed by atoms with van der Waals surface area (Å²) in [5, 5.41) is 15.2. The van der Waals surface area contributed by atoms with Crippen LogP contribution in [0.5, 0.6) is 0 Å². The maximum atomic E-state index is 10.1. The van der Waals surface area contributed by atoms with Gasteiger partial charge >= 0.3 is 11.9 Å². The van der Waals surface area contributed by atoms with E-state index in [4.69, 9.17) is 10.2 Å². The monoisotopic (exact) mass is 176 g/mol. The van der Waals surface area contributed by atoms with Crippen molar-refractivity contribution in [2.45, 2.75) is 6.92 Å². The number of carbonyl (C=O) groups excluding carboxylic acids is 2. The van der Waals surface area contributed by atoms with E-state index < -0.39 is 11.9 Å². The fraction of sp³-hybridized carbons (Fsp3) is 0.429. The Balaban J connectivity index is 0. The zero-order chi connectivity index (χ0) is 9.98. The molecule has 0 spiro atoms. The second-order valence-electron chi connectivity index (χ2n) is 1.56. The van der Waals surface area contributed by atoms with Gasteiger partial charge in [0.25, 0.3) is 0 Å². The number of aliphatic hydroxyl groups excluding tert-OH is 2. The standard InChI is InChI=1S/C5H6O3.C2H6O2/c1-3-5(7)8-4(2)6;3-1-2-4/h3H,1H2,2H3;3-4H,1-2H2. The first-order valence-electron chi connectivity index (χ1n) is 3.15. The Kier molecular flexibility index (Phi) is 10.9. The predicted molar refractivity (Wildman–Crippen MR) is 41.1 cm³/mol. The first-order valence-corrected chi connectivity index (χ1v) is 3.15. The van der Waals surface area contributed by atoms with E-state index in [9.17, 15) is 9.59 Å². The minimum atomic E-state index is -0.711. The van der Waals surface area contributed by atoms with Crippen molar-refractivity contribution in [3.63, 3.8) is 0 Å². The lowest BCUT2D eigenvalue weighted by Crippen LogP contribution is -2.04. The topological polar surface area (TPSA) is 83.8 Å². The quantitative estimate of drug-likeness (QED) is 0.328. The van der Waals surface area contributed by atoms with Gasteiger partial charge in [-0.1, -0.05) is 6.58 Å². The molecule has 0 radical (unpaired) electrons. The molecule has 0 amide bonds. The van der Waals surface area contributed by atoms with Crippen LogP contribution in [-0.2, 0) is 14.3 Å². The van der Waals surface area contributed by atoms with Crippen molar-refractivity contribution in [1.29, 1.82) is 0 Å². The van der Waals surface area contributed by atoms with Crippen LogP contribution in [0.25, 0.3) is 0 Å². The van der Waals surface area contributed by atoms with Crippen LogP contribution in [0, 0.1) is 0 Å². The van der Waals surface area contributed by atoms with Gasteiger partial charge in [-0.05, 0) is 0 Å². The third-order valence-electron chi connectivity index (χ3n) is 0.511. The maximum Gasteiger partial charge on any atom is 0.337 e. The summed E-state index contributed by atoms with van der Waals surface area (Å²) in [6.07, 6.45) is 0.932. The van der Waals surface area contributed by atoms with E-state index in [1.54, 1.807) is 0 Å². The molecule has 0 aliphatic carbocycles. The number of hydrogen-bond acceptors (Lipinski definition) is 5. The molecule has 0 aromatic rings.